The van der Waals surface area contributed by atoms with E-state index in [1.54, 1.807) is 24.1 Å². The van der Waals surface area contributed by atoms with Gasteiger partial charge in [0.25, 0.3) is 5.91 Å². The van der Waals surface area contributed by atoms with Gasteiger partial charge in [0, 0.05) is 31.4 Å². The number of carbonyl (C=O) groups is 2. The van der Waals surface area contributed by atoms with E-state index in [1.165, 1.54) is 28.3 Å². The molecule has 0 fully saturated rings. The van der Waals surface area contributed by atoms with E-state index < -0.39 is 0 Å². The number of anilines is 1. The lowest BCUT2D eigenvalue weighted by atomic mass is 10.1. The molecular weight excluding hydrogens is 424 g/mol. The van der Waals surface area contributed by atoms with Crippen LogP contribution < -0.4 is 19.9 Å². The molecule has 1 heterocycles. The van der Waals surface area contributed by atoms with Gasteiger partial charge in [0.15, 0.2) is 11.5 Å². The Bertz CT molecular complexity index is 954. The number of esters is 1. The summed E-state index contributed by atoms with van der Waals surface area (Å²) in [6.45, 7) is 5.97. The molecule has 0 unspecified atom stereocenters. The number of amides is 1. The first-order valence-electron chi connectivity index (χ1n) is 10.6. The molecule has 2 aromatic carbocycles. The van der Waals surface area contributed by atoms with Crippen LogP contribution in [0, 0.1) is 0 Å². The van der Waals surface area contributed by atoms with Crippen molar-refractivity contribution in [1.82, 2.24) is 4.90 Å². The van der Waals surface area contributed by atoms with Crippen LogP contribution in [0.5, 0.6) is 17.2 Å². The zero-order valence-corrected chi connectivity index (χ0v) is 20.4. The summed E-state index contributed by atoms with van der Waals surface area (Å²) in [5.41, 5.74) is 8.98. The van der Waals surface area contributed by atoms with E-state index in [0.29, 0.717) is 29.3 Å². The number of hydrogen-bond acceptors (Lipinski definition) is 7. The highest BCUT2D eigenvalue weighted by Crippen LogP contribution is 2.34. The topological polar surface area (TPSA) is 100 Å². The summed E-state index contributed by atoms with van der Waals surface area (Å²) in [7, 11) is 6.04. The Kier molecular flexibility index (Phi) is 11.3. The van der Waals surface area contributed by atoms with Gasteiger partial charge in [-0.25, -0.2) is 0 Å². The summed E-state index contributed by atoms with van der Waals surface area (Å²) in [5, 5.41) is 0. The van der Waals surface area contributed by atoms with Crippen molar-refractivity contribution in [3.8, 4) is 17.2 Å². The van der Waals surface area contributed by atoms with Gasteiger partial charge >= 0.3 is 5.97 Å². The molecule has 2 aromatic rings. The van der Waals surface area contributed by atoms with Gasteiger partial charge in [0.05, 0.1) is 34.0 Å². The summed E-state index contributed by atoms with van der Waals surface area (Å²) < 4.78 is 19.8. The van der Waals surface area contributed by atoms with Crippen LogP contribution in [0.1, 0.15) is 43.1 Å². The van der Waals surface area contributed by atoms with Gasteiger partial charge in [-0.3, -0.25) is 9.59 Å². The van der Waals surface area contributed by atoms with Gasteiger partial charge in [0.1, 0.15) is 5.75 Å². The fourth-order valence-corrected chi connectivity index (χ4v) is 2.98. The average Bonchev–Trinajstić information content (AvgIpc) is 3.35. The molecule has 0 aromatic heterocycles. The van der Waals surface area contributed by atoms with Crippen molar-refractivity contribution in [2.24, 2.45) is 0 Å². The highest BCUT2D eigenvalue weighted by molar-refractivity contribution is 6.01. The van der Waals surface area contributed by atoms with Crippen molar-refractivity contribution in [2.45, 2.75) is 27.2 Å². The zero-order chi connectivity index (χ0) is 25.0. The highest BCUT2D eigenvalue weighted by Gasteiger charge is 2.24. The Balaban J connectivity index is 0.000000689. The first-order valence-corrected chi connectivity index (χ1v) is 10.6. The Hall–Kier alpha value is -3.68. The number of carbonyl (C=O) groups excluding carboxylic acids is 2. The third-order valence-electron chi connectivity index (χ3n) is 4.73. The number of nitrogens with two attached hydrogens (primary N) is 1. The molecule has 180 valence electrons. The van der Waals surface area contributed by atoms with Crippen LogP contribution in [0.3, 0.4) is 0 Å². The van der Waals surface area contributed by atoms with Gasteiger partial charge in [-0.2, -0.15) is 0 Å². The summed E-state index contributed by atoms with van der Waals surface area (Å²) in [4.78, 5) is 24.2. The molecule has 1 aliphatic rings. The fraction of sp³-hybridized carbons (Fsp3) is 0.360. The maximum atomic E-state index is 12.9. The molecule has 0 bridgehead atoms. The number of methoxy groups -OCH3 is 4. The highest BCUT2D eigenvalue weighted by atomic mass is 16.5. The Labute approximate surface area is 195 Å². The minimum Gasteiger partial charge on any atom is -0.497 e. The van der Waals surface area contributed by atoms with Gasteiger partial charge in [-0.1, -0.05) is 26.0 Å². The molecule has 0 spiro atoms. The van der Waals surface area contributed by atoms with Crippen LogP contribution in [-0.2, 0) is 9.53 Å². The summed E-state index contributed by atoms with van der Waals surface area (Å²) in [6, 6.07) is 11.0. The number of nitrogen functional groups attached to an aromatic ring is 1. The normalized spacial score (nSPS) is 11.7. The first kappa shape index (κ1) is 27.4. The summed E-state index contributed by atoms with van der Waals surface area (Å²) >= 11 is 0. The molecule has 0 aliphatic carbocycles. The zero-order valence-electron chi connectivity index (χ0n) is 20.4. The van der Waals surface area contributed by atoms with Gasteiger partial charge in [0.2, 0.25) is 0 Å². The average molecular weight is 459 g/mol. The molecule has 3 rings (SSSR count). The number of ether oxygens (including phenoxy) is 4. The van der Waals surface area contributed by atoms with Crippen LogP contribution in [-0.4, -0.2) is 51.8 Å². The first-order chi connectivity index (χ1) is 15.8. The number of nitrogens with zero attached hydrogens (tertiary/aromatic N) is 1. The third-order valence-corrected chi connectivity index (χ3v) is 4.73. The molecule has 0 saturated heterocycles. The van der Waals surface area contributed by atoms with Crippen molar-refractivity contribution in [3.63, 3.8) is 0 Å². The van der Waals surface area contributed by atoms with Crippen LogP contribution in [0.25, 0.3) is 5.57 Å². The van der Waals surface area contributed by atoms with E-state index in [2.05, 4.69) is 4.74 Å². The van der Waals surface area contributed by atoms with E-state index in [9.17, 15) is 9.59 Å². The second kappa shape index (κ2) is 13.7. The molecule has 8 nitrogen and oxygen atoms in total. The van der Waals surface area contributed by atoms with Crippen molar-refractivity contribution in [1.29, 1.82) is 0 Å². The van der Waals surface area contributed by atoms with E-state index >= 15 is 0 Å². The molecule has 8 heteroatoms. The van der Waals surface area contributed by atoms with Crippen molar-refractivity contribution in [3.05, 3.63) is 53.7 Å². The standard InChI is InChI=1S/C20H22N2O4.C3H6O2.C2H6/c1-24-15-6-4-13(5-7-15)14-8-9-22(12-14)20(23)16-10-18(25-2)19(26-3)11-17(16)21;1-3(4)5-2;1-2/h4-7,10-12H,8-9,21H2,1-3H3;1-2H3;1-2H3. The lowest BCUT2D eigenvalue weighted by molar-refractivity contribution is -0.137. The predicted octanol–water partition coefficient (Wildman–Crippen LogP) is 4.39. The smallest absolute Gasteiger partial charge is 0.302 e. The molecule has 1 aliphatic heterocycles. The van der Waals surface area contributed by atoms with Crippen LogP contribution >= 0.6 is 0 Å². The van der Waals surface area contributed by atoms with E-state index in [1.807, 2.05) is 44.3 Å². The quantitative estimate of drug-likeness (QED) is 0.524. The third kappa shape index (κ3) is 7.45. The Morgan fingerprint density at radius 2 is 1.45 bits per heavy atom. The number of rotatable bonds is 5. The second-order valence-corrected chi connectivity index (χ2v) is 6.62. The van der Waals surface area contributed by atoms with Gasteiger partial charge in [-0.05, 0) is 35.8 Å². The van der Waals surface area contributed by atoms with Crippen molar-refractivity contribution in [2.75, 3.05) is 40.7 Å². The predicted molar refractivity (Wildman–Crippen MR) is 130 cm³/mol. The Morgan fingerprint density at radius 3 is 1.94 bits per heavy atom. The Morgan fingerprint density at radius 1 is 0.909 bits per heavy atom. The summed E-state index contributed by atoms with van der Waals surface area (Å²) in [5.74, 6) is 1.37. The maximum absolute atomic E-state index is 12.9. The minimum atomic E-state index is -0.245. The molecular formula is C25H34N2O6. The molecule has 0 atom stereocenters. The second-order valence-electron chi connectivity index (χ2n) is 6.62. The minimum absolute atomic E-state index is 0.160. The SMILES string of the molecule is CC.COC(C)=O.COc1ccc(C2=CN(C(=O)c3cc(OC)c(OC)cc3N)CC2)cc1. The number of benzene rings is 2. The fourth-order valence-electron chi connectivity index (χ4n) is 2.98. The van der Waals surface area contributed by atoms with Gasteiger partial charge < -0.3 is 29.6 Å². The maximum Gasteiger partial charge on any atom is 0.302 e. The monoisotopic (exact) mass is 458 g/mol. The van der Waals surface area contributed by atoms with Crippen LogP contribution in [0.15, 0.2) is 42.6 Å². The van der Waals surface area contributed by atoms with Gasteiger partial charge in [-0.15, -0.1) is 0 Å². The molecule has 2 N–H and O–H groups in total. The molecule has 0 saturated carbocycles. The molecule has 1 amide bonds. The van der Waals surface area contributed by atoms with E-state index in [-0.39, 0.29) is 11.9 Å². The van der Waals surface area contributed by atoms with E-state index in [4.69, 9.17) is 19.9 Å². The lowest BCUT2D eigenvalue weighted by Crippen LogP contribution is -2.24. The van der Waals surface area contributed by atoms with Crippen LogP contribution in [0.4, 0.5) is 5.69 Å². The molecule has 0 radical (unpaired) electrons. The lowest BCUT2D eigenvalue weighted by Gasteiger charge is -2.16. The van der Waals surface area contributed by atoms with E-state index in [0.717, 1.165) is 23.3 Å². The van der Waals surface area contributed by atoms with Crippen molar-refractivity contribution < 1.29 is 28.5 Å². The largest absolute Gasteiger partial charge is 0.497 e. The molecule has 33 heavy (non-hydrogen) atoms. The number of hydrogen-bond donors (Lipinski definition) is 1. The summed E-state index contributed by atoms with van der Waals surface area (Å²) in [6.07, 6.45) is 2.66. The van der Waals surface area contributed by atoms with Crippen LogP contribution in [0.2, 0.25) is 0 Å². The van der Waals surface area contributed by atoms with Crippen molar-refractivity contribution >= 4 is 23.1 Å².